The van der Waals surface area contributed by atoms with Gasteiger partial charge in [0.2, 0.25) is 0 Å². The molecule has 0 fully saturated rings. The molecule has 0 radical (unpaired) electrons. The van der Waals surface area contributed by atoms with Crippen LogP contribution in [0.4, 0.5) is 0 Å². The van der Waals surface area contributed by atoms with Crippen LogP contribution in [0.25, 0.3) is 0 Å². The molecule has 0 spiro atoms. The molecular weight excluding hydrogens is 717 g/mol. The van der Waals surface area contributed by atoms with Gasteiger partial charge in [0.25, 0.3) is 0 Å². The lowest BCUT2D eigenvalue weighted by Gasteiger charge is -2.18. The minimum Gasteiger partial charge on any atom is -0.462 e. The number of esters is 2. The molecule has 0 aliphatic carbocycles. The summed E-state index contributed by atoms with van der Waals surface area (Å²) in [5.41, 5.74) is 0. The van der Waals surface area contributed by atoms with E-state index in [0.29, 0.717) is 19.4 Å². The lowest BCUT2D eigenvalue weighted by Crippen LogP contribution is -2.30. The Morgan fingerprint density at radius 1 is 0.397 bits per heavy atom. The van der Waals surface area contributed by atoms with Crippen LogP contribution in [0.15, 0.2) is 109 Å². The summed E-state index contributed by atoms with van der Waals surface area (Å²) in [5, 5.41) is 0. The maximum Gasteiger partial charge on any atom is 0.306 e. The van der Waals surface area contributed by atoms with Crippen LogP contribution in [-0.4, -0.2) is 37.9 Å². The summed E-state index contributed by atoms with van der Waals surface area (Å²) in [7, 11) is 0. The van der Waals surface area contributed by atoms with Gasteiger partial charge in [-0.15, -0.1) is 0 Å². The van der Waals surface area contributed by atoms with Gasteiger partial charge in [-0.05, 0) is 109 Å². The highest BCUT2D eigenvalue weighted by molar-refractivity contribution is 5.70. The lowest BCUT2D eigenvalue weighted by molar-refractivity contribution is -0.163. The van der Waals surface area contributed by atoms with Crippen molar-refractivity contribution in [3.05, 3.63) is 109 Å². The maximum atomic E-state index is 12.7. The third-order valence-corrected chi connectivity index (χ3v) is 9.27. The number of rotatable bonds is 41. The topological polar surface area (TPSA) is 61.8 Å². The largest absolute Gasteiger partial charge is 0.462 e. The Kier molecular flexibility index (Phi) is 45.1. The highest BCUT2D eigenvalue weighted by Crippen LogP contribution is 2.11. The van der Waals surface area contributed by atoms with Crippen molar-refractivity contribution in [2.75, 3.05) is 19.8 Å². The number of carbonyl (C=O) groups is 2. The third-order valence-electron chi connectivity index (χ3n) is 9.27. The molecule has 0 N–H and O–H groups in total. The Bertz CT molecular complexity index is 1180. The number of ether oxygens (including phenoxy) is 3. The maximum absolute atomic E-state index is 12.7. The van der Waals surface area contributed by atoms with Crippen LogP contribution >= 0.6 is 0 Å². The molecule has 5 nitrogen and oxygen atoms in total. The highest BCUT2D eigenvalue weighted by atomic mass is 16.6. The zero-order chi connectivity index (χ0) is 42.1. The van der Waals surface area contributed by atoms with E-state index in [0.717, 1.165) is 103 Å². The number of hydrogen-bond donors (Lipinski definition) is 0. The third kappa shape index (κ3) is 45.3. The molecule has 58 heavy (non-hydrogen) atoms. The molecule has 5 heteroatoms. The first-order chi connectivity index (χ1) is 28.6. The van der Waals surface area contributed by atoms with E-state index in [1.165, 1.54) is 51.4 Å². The average molecular weight is 803 g/mol. The van der Waals surface area contributed by atoms with Gasteiger partial charge in [0, 0.05) is 19.4 Å². The molecular formula is C53H86O5. The number of hydrogen-bond acceptors (Lipinski definition) is 5. The molecule has 1 unspecified atom stereocenters. The first kappa shape index (κ1) is 54.6. The Labute approximate surface area is 357 Å². The molecule has 0 aliphatic heterocycles. The molecule has 0 bridgehead atoms. The number of unbranched alkanes of at least 4 members (excludes halogenated alkanes) is 12. The van der Waals surface area contributed by atoms with Crippen molar-refractivity contribution in [3.8, 4) is 0 Å². The molecule has 0 aliphatic rings. The monoisotopic (exact) mass is 803 g/mol. The normalized spacial score (nSPS) is 13.2. The van der Waals surface area contributed by atoms with Crippen LogP contribution in [0, 0.1) is 0 Å². The van der Waals surface area contributed by atoms with E-state index >= 15 is 0 Å². The van der Waals surface area contributed by atoms with E-state index < -0.39 is 6.10 Å². The van der Waals surface area contributed by atoms with Gasteiger partial charge in [0.15, 0.2) is 6.10 Å². The smallest absolute Gasteiger partial charge is 0.306 e. The fourth-order valence-corrected chi connectivity index (χ4v) is 5.83. The first-order valence-electron chi connectivity index (χ1n) is 23.4. The van der Waals surface area contributed by atoms with E-state index in [1.807, 2.05) is 0 Å². The van der Waals surface area contributed by atoms with Crippen molar-refractivity contribution in [1.82, 2.24) is 0 Å². The number of allylic oxidation sites excluding steroid dienone is 18. The summed E-state index contributed by atoms with van der Waals surface area (Å²) < 4.78 is 17.2. The second-order valence-electron chi connectivity index (χ2n) is 14.9. The fourth-order valence-electron chi connectivity index (χ4n) is 5.83. The van der Waals surface area contributed by atoms with Crippen LogP contribution in [0.1, 0.15) is 188 Å². The average Bonchev–Trinajstić information content (AvgIpc) is 3.22. The van der Waals surface area contributed by atoms with E-state index in [4.69, 9.17) is 14.2 Å². The number of carbonyl (C=O) groups excluding carboxylic acids is 2. The summed E-state index contributed by atoms with van der Waals surface area (Å²) in [5.74, 6) is -0.511. The van der Waals surface area contributed by atoms with Gasteiger partial charge in [-0.3, -0.25) is 9.59 Å². The van der Waals surface area contributed by atoms with Gasteiger partial charge in [-0.25, -0.2) is 0 Å². The summed E-state index contributed by atoms with van der Waals surface area (Å²) in [6.07, 6.45) is 65.2. The highest BCUT2D eigenvalue weighted by Gasteiger charge is 2.17. The Morgan fingerprint density at radius 2 is 0.793 bits per heavy atom. The van der Waals surface area contributed by atoms with Crippen LogP contribution in [-0.2, 0) is 23.8 Å². The molecule has 0 aromatic heterocycles. The molecule has 0 heterocycles. The van der Waals surface area contributed by atoms with Crippen molar-refractivity contribution >= 4 is 11.9 Å². The zero-order valence-electron chi connectivity index (χ0n) is 37.5. The van der Waals surface area contributed by atoms with E-state index in [2.05, 4.69) is 130 Å². The summed E-state index contributed by atoms with van der Waals surface area (Å²) in [4.78, 5) is 25.3. The first-order valence-corrected chi connectivity index (χ1v) is 23.4. The molecule has 1 atom stereocenters. The standard InChI is InChI=1S/C53H86O5/c1-4-7-10-13-16-19-22-25-26-27-28-30-31-34-37-40-43-46-52(54)57-50-51(49-56-48-45-42-39-36-33-24-21-18-15-12-9-6-3)58-53(55)47-44-41-38-35-32-29-23-20-17-14-11-8-5-2/h7-8,10-11,15-20,25-26,28-30,32,34,37,51H,4-6,9,12-14,21-24,27,31,33,35-36,38-50H2,1-3H3/b10-7-,11-8-,18-15-,19-16-,20-17-,26-25-,30-28-,32-29-,37-34-. The van der Waals surface area contributed by atoms with E-state index in [1.54, 1.807) is 0 Å². The van der Waals surface area contributed by atoms with Crippen LogP contribution in [0.2, 0.25) is 0 Å². The Balaban J connectivity index is 4.43. The minimum absolute atomic E-state index is 0.0350. The predicted molar refractivity (Wildman–Crippen MR) is 251 cm³/mol. The minimum atomic E-state index is -0.582. The van der Waals surface area contributed by atoms with Crippen LogP contribution in [0.5, 0.6) is 0 Å². The summed E-state index contributed by atoms with van der Waals surface area (Å²) in [6, 6.07) is 0. The van der Waals surface area contributed by atoms with Crippen LogP contribution < -0.4 is 0 Å². The van der Waals surface area contributed by atoms with Gasteiger partial charge < -0.3 is 14.2 Å². The van der Waals surface area contributed by atoms with Gasteiger partial charge in [0.1, 0.15) is 6.61 Å². The molecule has 0 amide bonds. The quantitative estimate of drug-likeness (QED) is 0.0350. The predicted octanol–water partition coefficient (Wildman–Crippen LogP) is 15.7. The van der Waals surface area contributed by atoms with Gasteiger partial charge in [-0.2, -0.15) is 0 Å². The SMILES string of the molecule is CC/C=C\C/C=C\C/C=C\C/C=C\C/C=C\CCCC(=O)OCC(COCCCCCCCC/C=C\CCCC)OC(=O)CCCCC/C=C\C/C=C\C/C=C\CC. The Morgan fingerprint density at radius 3 is 1.31 bits per heavy atom. The van der Waals surface area contributed by atoms with Crippen molar-refractivity contribution < 1.29 is 23.8 Å². The fraction of sp³-hybridized carbons (Fsp3) is 0.623. The molecule has 328 valence electrons. The van der Waals surface area contributed by atoms with E-state index in [-0.39, 0.29) is 25.2 Å². The second-order valence-corrected chi connectivity index (χ2v) is 14.9. The summed E-state index contributed by atoms with van der Waals surface area (Å²) in [6.45, 7) is 7.44. The zero-order valence-corrected chi connectivity index (χ0v) is 37.5. The van der Waals surface area contributed by atoms with Gasteiger partial charge in [0.05, 0.1) is 6.61 Å². The molecule has 0 saturated heterocycles. The summed E-state index contributed by atoms with van der Waals surface area (Å²) >= 11 is 0. The van der Waals surface area contributed by atoms with E-state index in [9.17, 15) is 9.59 Å². The lowest BCUT2D eigenvalue weighted by atomic mass is 10.1. The van der Waals surface area contributed by atoms with Crippen molar-refractivity contribution in [3.63, 3.8) is 0 Å². The molecule has 0 aromatic carbocycles. The Hall–Kier alpha value is -3.44. The van der Waals surface area contributed by atoms with Gasteiger partial charge >= 0.3 is 11.9 Å². The molecule has 0 saturated carbocycles. The molecule has 0 rings (SSSR count). The van der Waals surface area contributed by atoms with Crippen molar-refractivity contribution in [1.29, 1.82) is 0 Å². The van der Waals surface area contributed by atoms with Gasteiger partial charge in [-0.1, -0.05) is 175 Å². The van der Waals surface area contributed by atoms with Crippen molar-refractivity contribution in [2.45, 2.75) is 194 Å². The van der Waals surface area contributed by atoms with Crippen molar-refractivity contribution in [2.24, 2.45) is 0 Å². The second kappa shape index (κ2) is 47.9. The molecule has 0 aromatic rings. The van der Waals surface area contributed by atoms with Crippen LogP contribution in [0.3, 0.4) is 0 Å².